The van der Waals surface area contributed by atoms with Gasteiger partial charge >= 0.3 is 6.18 Å². The molecule has 0 fully saturated rings. The average Bonchev–Trinajstić information content (AvgIpc) is 3.42. The van der Waals surface area contributed by atoms with E-state index < -0.39 is 17.6 Å². The number of aromatic nitrogens is 2. The van der Waals surface area contributed by atoms with Crippen molar-refractivity contribution in [1.82, 2.24) is 15.1 Å². The SMILES string of the molecule is O=C(NCc1cccc(C(F)(F)F)c1)c1cn(-c2ccccc2)nc1-c1cccs1. The average molecular weight is 427 g/mol. The maximum atomic E-state index is 12.9. The Bertz CT molecular complexity index is 1150. The minimum absolute atomic E-state index is 0.0247. The summed E-state index contributed by atoms with van der Waals surface area (Å²) in [5, 5.41) is 9.16. The maximum absolute atomic E-state index is 12.9. The van der Waals surface area contributed by atoms with E-state index in [1.165, 1.54) is 17.4 Å². The number of hydrogen-bond acceptors (Lipinski definition) is 3. The first-order valence-electron chi connectivity index (χ1n) is 9.05. The summed E-state index contributed by atoms with van der Waals surface area (Å²) < 4.78 is 40.3. The fourth-order valence-electron chi connectivity index (χ4n) is 2.98. The number of thiophene rings is 1. The van der Waals surface area contributed by atoms with E-state index in [0.29, 0.717) is 16.8 Å². The molecule has 0 radical (unpaired) electrons. The number of rotatable bonds is 5. The molecular formula is C22H16F3N3OS. The molecule has 1 amide bonds. The molecule has 0 unspecified atom stereocenters. The van der Waals surface area contributed by atoms with Crippen LogP contribution >= 0.6 is 11.3 Å². The maximum Gasteiger partial charge on any atom is 0.416 e. The number of hydrogen-bond donors (Lipinski definition) is 1. The second kappa shape index (κ2) is 8.16. The van der Waals surface area contributed by atoms with Gasteiger partial charge in [-0.2, -0.15) is 18.3 Å². The van der Waals surface area contributed by atoms with Gasteiger partial charge in [0.2, 0.25) is 0 Å². The molecule has 0 saturated heterocycles. The molecule has 0 saturated carbocycles. The minimum Gasteiger partial charge on any atom is -0.348 e. The van der Waals surface area contributed by atoms with E-state index in [0.717, 1.165) is 22.7 Å². The van der Waals surface area contributed by atoms with E-state index in [2.05, 4.69) is 10.4 Å². The lowest BCUT2D eigenvalue weighted by molar-refractivity contribution is -0.137. The third kappa shape index (κ3) is 4.28. The van der Waals surface area contributed by atoms with E-state index in [9.17, 15) is 18.0 Å². The highest BCUT2D eigenvalue weighted by atomic mass is 32.1. The summed E-state index contributed by atoms with van der Waals surface area (Å²) in [6.07, 6.45) is -2.80. The van der Waals surface area contributed by atoms with Gasteiger partial charge in [-0.25, -0.2) is 4.68 Å². The number of amides is 1. The lowest BCUT2D eigenvalue weighted by Gasteiger charge is -2.09. The van der Waals surface area contributed by atoms with Crippen molar-refractivity contribution in [2.24, 2.45) is 0 Å². The molecule has 0 aliphatic rings. The van der Waals surface area contributed by atoms with Crippen molar-refractivity contribution in [3.63, 3.8) is 0 Å². The van der Waals surface area contributed by atoms with E-state index in [1.54, 1.807) is 16.9 Å². The third-order valence-electron chi connectivity index (χ3n) is 4.44. The van der Waals surface area contributed by atoms with Crippen LogP contribution in [-0.4, -0.2) is 15.7 Å². The first-order chi connectivity index (χ1) is 14.4. The molecule has 0 aliphatic heterocycles. The fraction of sp³-hybridized carbons (Fsp3) is 0.0909. The number of nitrogens with one attached hydrogen (secondary N) is 1. The van der Waals surface area contributed by atoms with Gasteiger partial charge in [-0.05, 0) is 41.3 Å². The zero-order valence-corrected chi connectivity index (χ0v) is 16.4. The van der Waals surface area contributed by atoms with Crippen LogP contribution in [0.4, 0.5) is 13.2 Å². The highest BCUT2D eigenvalue weighted by Gasteiger charge is 2.30. The van der Waals surface area contributed by atoms with Crippen LogP contribution in [0.2, 0.25) is 0 Å². The Morgan fingerprint density at radius 2 is 1.83 bits per heavy atom. The fourth-order valence-corrected chi connectivity index (χ4v) is 3.71. The van der Waals surface area contributed by atoms with Crippen molar-refractivity contribution in [2.45, 2.75) is 12.7 Å². The molecule has 0 aliphatic carbocycles. The second-order valence-electron chi connectivity index (χ2n) is 6.53. The van der Waals surface area contributed by atoms with Crippen LogP contribution in [0.1, 0.15) is 21.5 Å². The topological polar surface area (TPSA) is 46.9 Å². The van der Waals surface area contributed by atoms with Gasteiger partial charge in [-0.15, -0.1) is 11.3 Å². The molecule has 0 atom stereocenters. The van der Waals surface area contributed by atoms with Gasteiger partial charge in [-0.1, -0.05) is 36.4 Å². The van der Waals surface area contributed by atoms with Crippen molar-refractivity contribution in [1.29, 1.82) is 0 Å². The van der Waals surface area contributed by atoms with Crippen LogP contribution in [0, 0.1) is 0 Å². The van der Waals surface area contributed by atoms with Crippen LogP contribution in [0.15, 0.2) is 78.3 Å². The predicted octanol–water partition coefficient (Wildman–Crippen LogP) is 5.55. The Morgan fingerprint density at radius 3 is 2.53 bits per heavy atom. The molecule has 30 heavy (non-hydrogen) atoms. The van der Waals surface area contributed by atoms with Gasteiger partial charge in [-0.3, -0.25) is 4.79 Å². The molecule has 2 aromatic carbocycles. The quantitative estimate of drug-likeness (QED) is 0.454. The molecule has 8 heteroatoms. The van der Waals surface area contributed by atoms with Crippen LogP contribution in [0.3, 0.4) is 0 Å². The van der Waals surface area contributed by atoms with Gasteiger partial charge < -0.3 is 5.32 Å². The van der Waals surface area contributed by atoms with Crippen LogP contribution in [-0.2, 0) is 12.7 Å². The molecule has 0 bridgehead atoms. The largest absolute Gasteiger partial charge is 0.416 e. The summed E-state index contributed by atoms with van der Waals surface area (Å²) in [4.78, 5) is 13.7. The number of alkyl halides is 3. The first kappa shape index (κ1) is 19.9. The van der Waals surface area contributed by atoms with E-state index in [4.69, 9.17) is 0 Å². The summed E-state index contributed by atoms with van der Waals surface area (Å²) in [5.74, 6) is -0.405. The number of halogens is 3. The van der Waals surface area contributed by atoms with Gasteiger partial charge in [0.05, 0.1) is 21.7 Å². The summed E-state index contributed by atoms with van der Waals surface area (Å²) in [7, 11) is 0. The van der Waals surface area contributed by atoms with Crippen molar-refractivity contribution < 1.29 is 18.0 Å². The zero-order valence-electron chi connectivity index (χ0n) is 15.6. The molecule has 1 N–H and O–H groups in total. The summed E-state index contributed by atoms with van der Waals surface area (Å²) in [6.45, 7) is -0.0247. The molecule has 4 aromatic rings. The van der Waals surface area contributed by atoms with Gasteiger partial charge in [0.25, 0.3) is 5.91 Å². The molecular weight excluding hydrogens is 411 g/mol. The standard InChI is InChI=1S/C22H16F3N3OS/c23-22(24,25)16-7-4-6-15(12-16)13-26-21(29)18-14-28(17-8-2-1-3-9-17)27-20(18)19-10-5-11-30-19/h1-12,14H,13H2,(H,26,29). The lowest BCUT2D eigenvalue weighted by atomic mass is 10.1. The molecule has 2 heterocycles. The lowest BCUT2D eigenvalue weighted by Crippen LogP contribution is -2.23. The zero-order chi connectivity index (χ0) is 21.1. The highest BCUT2D eigenvalue weighted by Crippen LogP contribution is 2.30. The molecule has 4 nitrogen and oxygen atoms in total. The number of carbonyl (C=O) groups is 1. The first-order valence-corrected chi connectivity index (χ1v) is 9.93. The number of nitrogens with zero attached hydrogens (tertiary/aromatic N) is 2. The Morgan fingerprint density at radius 1 is 1.03 bits per heavy atom. The van der Waals surface area contributed by atoms with Gasteiger partial charge in [0.15, 0.2) is 0 Å². The number of para-hydroxylation sites is 1. The predicted molar refractivity (Wildman–Crippen MR) is 109 cm³/mol. The Balaban J connectivity index is 1.60. The smallest absolute Gasteiger partial charge is 0.348 e. The van der Waals surface area contributed by atoms with Gasteiger partial charge in [0, 0.05) is 12.7 Å². The third-order valence-corrected chi connectivity index (χ3v) is 5.32. The van der Waals surface area contributed by atoms with E-state index in [-0.39, 0.29) is 6.54 Å². The van der Waals surface area contributed by atoms with Crippen molar-refractivity contribution in [3.05, 3.63) is 95.0 Å². The second-order valence-corrected chi connectivity index (χ2v) is 7.48. The van der Waals surface area contributed by atoms with Crippen molar-refractivity contribution in [3.8, 4) is 16.3 Å². The highest BCUT2D eigenvalue weighted by molar-refractivity contribution is 7.13. The van der Waals surface area contributed by atoms with Gasteiger partial charge in [0.1, 0.15) is 5.69 Å². The van der Waals surface area contributed by atoms with Crippen molar-refractivity contribution in [2.75, 3.05) is 0 Å². The number of benzene rings is 2. The molecule has 152 valence electrons. The summed E-state index contributed by atoms with van der Waals surface area (Å²) in [5.41, 5.74) is 1.30. The summed E-state index contributed by atoms with van der Waals surface area (Å²) in [6, 6.07) is 18.0. The Hall–Kier alpha value is -3.39. The van der Waals surface area contributed by atoms with E-state index >= 15 is 0 Å². The number of carbonyl (C=O) groups excluding carboxylic acids is 1. The Labute approximate surface area is 174 Å². The molecule has 2 aromatic heterocycles. The molecule has 4 rings (SSSR count). The minimum atomic E-state index is -4.43. The van der Waals surface area contributed by atoms with Crippen molar-refractivity contribution >= 4 is 17.2 Å². The monoisotopic (exact) mass is 427 g/mol. The van der Waals surface area contributed by atoms with E-state index in [1.807, 2.05) is 47.8 Å². The summed E-state index contributed by atoms with van der Waals surface area (Å²) >= 11 is 1.45. The molecule has 0 spiro atoms. The Kier molecular flexibility index (Phi) is 5.41. The van der Waals surface area contributed by atoms with Crippen LogP contribution in [0.25, 0.3) is 16.3 Å². The van der Waals surface area contributed by atoms with Crippen LogP contribution < -0.4 is 5.32 Å². The normalized spacial score (nSPS) is 11.4. The van der Waals surface area contributed by atoms with Crippen LogP contribution in [0.5, 0.6) is 0 Å².